The van der Waals surface area contributed by atoms with Gasteiger partial charge in [0.1, 0.15) is 28.6 Å². The fourth-order valence-corrected chi connectivity index (χ4v) is 9.34. The monoisotopic (exact) mass is 1170 g/mol. The third-order valence-electron chi connectivity index (χ3n) is 11.9. The SMILES string of the molecule is FC(F)(F)c1cc([B-](c2cc(C(F)(F)F)cc(C(F)(F)F)c2)(c2cc(C(F)(F)F)cc(C(F)(F)F)c2)c2cc(C(F)(F)F)cc(C(F)(F)F)c2)cc(C(F)(F)F)c1.N#CC(C#N)=C(C[n+]1csc2ccccc21)c1ccccc1. The van der Waals surface area contributed by atoms with E-state index in [0.717, 1.165) is 16.7 Å². The van der Waals surface area contributed by atoms with Gasteiger partial charge < -0.3 is 0 Å². The molecule has 29 heteroatoms. The van der Waals surface area contributed by atoms with Crippen LogP contribution in [0.2, 0.25) is 0 Å². The minimum absolute atomic E-state index is 0.161. The van der Waals surface area contributed by atoms with Crippen molar-refractivity contribution in [2.45, 2.75) is 56.0 Å². The van der Waals surface area contributed by atoms with E-state index in [9.17, 15) is 116 Å². The van der Waals surface area contributed by atoms with Crippen LogP contribution in [0, 0.1) is 22.7 Å². The van der Waals surface area contributed by atoms with Crippen molar-refractivity contribution in [2.24, 2.45) is 0 Å². The Balaban J connectivity index is 0.000000378. The molecule has 0 saturated carbocycles. The maximum Gasteiger partial charge on any atom is 0.416 e. The number of hydrogen-bond donors (Lipinski definition) is 0. The number of nitrogens with zero attached hydrogens (tertiary/aromatic N) is 3. The Labute approximate surface area is 431 Å². The highest BCUT2D eigenvalue weighted by molar-refractivity contribution is 7.20. The van der Waals surface area contributed by atoms with E-state index < -0.39 is 195 Å². The summed E-state index contributed by atoms with van der Waals surface area (Å²) < 4.78 is 344. The van der Waals surface area contributed by atoms with Crippen molar-refractivity contribution in [3.8, 4) is 12.1 Å². The lowest BCUT2D eigenvalue weighted by molar-refractivity contribution is -0.653. The molecule has 0 amide bonds. The maximum absolute atomic E-state index is 14.2. The molecule has 416 valence electrons. The zero-order valence-corrected chi connectivity index (χ0v) is 39.1. The summed E-state index contributed by atoms with van der Waals surface area (Å²) in [5.74, 6) is 0. The second-order valence-electron chi connectivity index (χ2n) is 17.0. The molecule has 0 aliphatic heterocycles. The van der Waals surface area contributed by atoms with Gasteiger partial charge in [-0.25, -0.2) is 0 Å². The van der Waals surface area contributed by atoms with Gasteiger partial charge in [0.05, 0.1) is 50.1 Å². The second-order valence-corrected chi connectivity index (χ2v) is 17.9. The molecule has 0 bridgehead atoms. The third kappa shape index (κ3) is 13.4. The van der Waals surface area contributed by atoms with Crippen molar-refractivity contribution in [3.05, 3.63) is 189 Å². The molecule has 0 spiro atoms. The van der Waals surface area contributed by atoms with Gasteiger partial charge in [-0.3, -0.25) is 0 Å². The van der Waals surface area contributed by atoms with Crippen LogP contribution in [0.5, 0.6) is 0 Å². The van der Waals surface area contributed by atoms with Gasteiger partial charge in [0.15, 0.2) is 6.54 Å². The first-order chi connectivity index (χ1) is 36.1. The summed E-state index contributed by atoms with van der Waals surface area (Å²) in [7, 11) is 0. The van der Waals surface area contributed by atoms with E-state index in [2.05, 4.69) is 10.6 Å². The number of aromatic nitrogens is 1. The van der Waals surface area contributed by atoms with Crippen LogP contribution in [0.15, 0.2) is 138 Å². The molecule has 3 nitrogen and oxygen atoms in total. The zero-order chi connectivity index (χ0) is 59.3. The first-order valence-corrected chi connectivity index (χ1v) is 22.3. The quantitative estimate of drug-likeness (QED) is 0.0691. The van der Waals surface area contributed by atoms with E-state index >= 15 is 0 Å². The summed E-state index contributed by atoms with van der Waals surface area (Å²) >= 11 is 1.65. The first-order valence-electron chi connectivity index (χ1n) is 21.4. The van der Waals surface area contributed by atoms with Gasteiger partial charge in [-0.1, -0.05) is 102 Å². The molecule has 79 heavy (non-hydrogen) atoms. The number of halogens is 24. The summed E-state index contributed by atoms with van der Waals surface area (Å²) in [6.45, 7) is 0.504. The standard InChI is InChI=1S/C32H12BF24.C18H12N3S/c34-25(35,36)13-1-14(26(37,38)39)6-21(5-13)33(22-7-15(27(40,41)42)2-16(8-22)28(43,44)45,23-9-17(29(46,47)48)3-18(10-23)30(49,50)51)24-11-19(31(52,53)54)4-20(12-24)32(55,56)57;19-10-15(11-20)16(14-6-2-1-3-7-14)12-21-13-22-18-9-5-4-8-17(18)21/h1-12H;1-9,13H,12H2/q-1;+1. The van der Waals surface area contributed by atoms with Crippen LogP contribution in [0.25, 0.3) is 15.8 Å². The number of nitriles is 2. The number of hydrogen-bond acceptors (Lipinski definition) is 3. The topological polar surface area (TPSA) is 51.5 Å². The average Bonchev–Trinajstić information content (AvgIpc) is 3.77. The van der Waals surface area contributed by atoms with E-state index in [1.807, 2.05) is 66.2 Å². The number of para-hydroxylation sites is 1. The lowest BCUT2D eigenvalue weighted by Crippen LogP contribution is -2.75. The summed E-state index contributed by atoms with van der Waals surface area (Å²) in [6, 6.07) is 13.0. The molecular weight excluding hydrogens is 1140 g/mol. The Morgan fingerprint density at radius 3 is 0.911 bits per heavy atom. The van der Waals surface area contributed by atoms with E-state index in [4.69, 9.17) is 0 Å². The van der Waals surface area contributed by atoms with E-state index in [1.165, 1.54) is 4.70 Å². The molecule has 1 aromatic heterocycles. The molecule has 0 unspecified atom stereocenters. The highest BCUT2D eigenvalue weighted by Gasteiger charge is 2.47. The van der Waals surface area contributed by atoms with E-state index in [0.29, 0.717) is 6.54 Å². The minimum Gasteiger partial charge on any atom is -0.194 e. The van der Waals surface area contributed by atoms with Gasteiger partial charge in [-0.2, -0.15) is 142 Å². The lowest BCUT2D eigenvalue weighted by Gasteiger charge is -2.46. The number of allylic oxidation sites excluding steroid dienone is 2. The molecule has 0 fully saturated rings. The van der Waals surface area contributed by atoms with Crippen LogP contribution in [-0.2, 0) is 56.0 Å². The number of benzene rings is 6. The average molecular weight is 1170 g/mol. The van der Waals surface area contributed by atoms with Crippen LogP contribution in [-0.4, -0.2) is 6.15 Å². The molecule has 6 aromatic carbocycles. The highest BCUT2D eigenvalue weighted by Crippen LogP contribution is 2.41. The molecule has 7 aromatic rings. The zero-order valence-electron chi connectivity index (χ0n) is 38.3. The predicted molar refractivity (Wildman–Crippen MR) is 237 cm³/mol. The Morgan fingerprint density at radius 2 is 0.646 bits per heavy atom. The van der Waals surface area contributed by atoms with Crippen LogP contribution in [0.3, 0.4) is 0 Å². The van der Waals surface area contributed by atoms with Crippen molar-refractivity contribution in [1.29, 1.82) is 10.5 Å². The molecule has 1 heterocycles. The molecule has 0 atom stereocenters. The Kier molecular flexibility index (Phi) is 16.2. The first kappa shape index (κ1) is 60.5. The largest absolute Gasteiger partial charge is 0.416 e. The fraction of sp³-hybridized carbons (Fsp3) is 0.180. The number of rotatable bonds is 7. The second kappa shape index (κ2) is 21.2. The predicted octanol–water partition coefficient (Wildman–Crippen LogP) is 14.9. The molecule has 0 saturated heterocycles. The molecule has 0 N–H and O–H groups in total. The molecule has 7 rings (SSSR count). The molecule has 0 aliphatic rings. The van der Waals surface area contributed by atoms with Gasteiger partial charge in [0, 0.05) is 6.07 Å². The van der Waals surface area contributed by atoms with Crippen molar-refractivity contribution < 1.29 is 110 Å². The van der Waals surface area contributed by atoms with Crippen molar-refractivity contribution in [3.63, 3.8) is 0 Å². The van der Waals surface area contributed by atoms with Gasteiger partial charge in [0.25, 0.3) is 0 Å². The fourth-order valence-electron chi connectivity index (χ4n) is 8.45. The van der Waals surface area contributed by atoms with Crippen LogP contribution in [0.1, 0.15) is 50.1 Å². The van der Waals surface area contributed by atoms with E-state index in [1.54, 1.807) is 11.3 Å². The summed E-state index contributed by atoms with van der Waals surface area (Å²) in [5.41, 5.74) is -25.3. The number of fused-ring (bicyclic) bond motifs is 1. The van der Waals surface area contributed by atoms with Gasteiger partial charge in [0.2, 0.25) is 11.0 Å². The summed E-state index contributed by atoms with van der Waals surface area (Å²) in [5, 5.41) is 18.5. The van der Waals surface area contributed by atoms with Crippen LogP contribution in [0.4, 0.5) is 105 Å². The minimum atomic E-state index is -6.13. The summed E-state index contributed by atoms with van der Waals surface area (Å²) in [6.07, 6.45) is -54.8. The third-order valence-corrected chi connectivity index (χ3v) is 12.9. The Hall–Kier alpha value is -7.69. The summed E-state index contributed by atoms with van der Waals surface area (Å²) in [4.78, 5) is 0. The van der Waals surface area contributed by atoms with Crippen molar-refractivity contribution >= 4 is 55.1 Å². The molecule has 0 radical (unpaired) electrons. The van der Waals surface area contributed by atoms with Crippen molar-refractivity contribution in [1.82, 2.24) is 0 Å². The molecular formula is C50H24BF24N3S. The normalized spacial score (nSPS) is 13.1. The maximum atomic E-state index is 14.2. The van der Waals surface area contributed by atoms with E-state index in [-0.39, 0.29) is 5.57 Å². The molecule has 0 aliphatic carbocycles. The van der Waals surface area contributed by atoms with Crippen LogP contribution >= 0.6 is 11.3 Å². The Bertz CT molecular complexity index is 3050. The van der Waals surface area contributed by atoms with Gasteiger partial charge >= 0.3 is 49.4 Å². The smallest absolute Gasteiger partial charge is 0.194 e. The Morgan fingerprint density at radius 1 is 0.380 bits per heavy atom. The lowest BCUT2D eigenvalue weighted by atomic mass is 9.12. The van der Waals surface area contributed by atoms with Crippen LogP contribution < -0.4 is 26.4 Å². The van der Waals surface area contributed by atoms with Gasteiger partial charge in [-0.05, 0) is 35.9 Å². The number of alkyl halides is 24. The highest BCUT2D eigenvalue weighted by atomic mass is 32.1. The van der Waals surface area contributed by atoms with Crippen molar-refractivity contribution in [2.75, 3.05) is 0 Å². The number of thiazole rings is 1. The van der Waals surface area contributed by atoms with Gasteiger partial charge in [-0.15, -0.1) is 0 Å².